The fourth-order valence-corrected chi connectivity index (χ4v) is 2.35. The summed E-state index contributed by atoms with van der Waals surface area (Å²) < 4.78 is 6.30. The van der Waals surface area contributed by atoms with Crippen LogP contribution >= 0.6 is 15.9 Å². The third-order valence-corrected chi connectivity index (χ3v) is 3.25. The predicted molar refractivity (Wildman–Crippen MR) is 62.1 cm³/mol. The van der Waals surface area contributed by atoms with E-state index in [1.807, 2.05) is 0 Å². The molecule has 0 saturated carbocycles. The number of benzene rings is 1. The topological polar surface area (TPSA) is 21.3 Å². The number of halogens is 1. The van der Waals surface area contributed by atoms with Crippen LogP contribution in [0.5, 0.6) is 5.75 Å². The highest BCUT2D eigenvalue weighted by atomic mass is 79.9. The first-order chi connectivity index (χ1) is 6.70. The Morgan fingerprint density at radius 3 is 3.00 bits per heavy atom. The van der Waals surface area contributed by atoms with Gasteiger partial charge in [-0.25, -0.2) is 0 Å². The number of fused-ring (bicyclic) bond motifs is 1. The Hall–Kier alpha value is -0.700. The number of rotatable bonds is 1. The molecule has 76 valence electrons. The zero-order valence-electron chi connectivity index (χ0n) is 8.43. The van der Waals surface area contributed by atoms with E-state index in [1.54, 1.807) is 7.11 Å². The Morgan fingerprint density at radius 2 is 2.29 bits per heavy atom. The molecule has 3 heteroatoms. The lowest BCUT2D eigenvalue weighted by Gasteiger charge is -2.25. The number of hydrogen-bond acceptors (Lipinski definition) is 2. The number of ether oxygens (including phenoxy) is 1. The van der Waals surface area contributed by atoms with Crippen molar-refractivity contribution in [3.05, 3.63) is 22.2 Å². The number of anilines is 1. The van der Waals surface area contributed by atoms with Crippen molar-refractivity contribution in [3.8, 4) is 5.75 Å². The number of methoxy groups -OCH3 is 1. The Labute approximate surface area is 92.8 Å². The van der Waals surface area contributed by atoms with Crippen LogP contribution < -0.4 is 10.1 Å². The van der Waals surface area contributed by atoms with Crippen molar-refractivity contribution in [2.75, 3.05) is 12.4 Å². The second-order valence-corrected chi connectivity index (χ2v) is 4.58. The smallest absolute Gasteiger partial charge is 0.135 e. The lowest BCUT2D eigenvalue weighted by atomic mass is 9.99. The summed E-state index contributed by atoms with van der Waals surface area (Å²) in [6, 6.07) is 4.77. The second kappa shape index (κ2) is 3.81. The van der Waals surface area contributed by atoms with E-state index in [4.69, 9.17) is 4.74 Å². The van der Waals surface area contributed by atoms with Crippen molar-refractivity contribution in [2.24, 2.45) is 0 Å². The highest BCUT2D eigenvalue weighted by Crippen LogP contribution is 2.34. The first kappa shape index (κ1) is 9.84. The standard InChI is InChI=1S/C11H14BrNO/c1-7-3-4-8-5-9(12)11(14-2)6-10(8)13-7/h5-7,13H,3-4H2,1-2H3. The Kier molecular flexibility index (Phi) is 2.68. The van der Waals surface area contributed by atoms with Gasteiger partial charge in [-0.1, -0.05) is 0 Å². The van der Waals surface area contributed by atoms with Gasteiger partial charge in [-0.15, -0.1) is 0 Å². The van der Waals surface area contributed by atoms with E-state index >= 15 is 0 Å². The Morgan fingerprint density at radius 1 is 1.50 bits per heavy atom. The summed E-state index contributed by atoms with van der Waals surface area (Å²) in [7, 11) is 1.69. The predicted octanol–water partition coefficient (Wildman–Crippen LogP) is 3.20. The summed E-state index contributed by atoms with van der Waals surface area (Å²) in [5, 5.41) is 3.46. The zero-order chi connectivity index (χ0) is 10.1. The maximum atomic E-state index is 5.26. The molecule has 2 nitrogen and oxygen atoms in total. The molecule has 1 atom stereocenters. The van der Waals surface area contributed by atoms with Gasteiger partial charge < -0.3 is 10.1 Å². The third-order valence-electron chi connectivity index (χ3n) is 2.63. The van der Waals surface area contributed by atoms with Crippen LogP contribution in [0.25, 0.3) is 0 Å². The van der Waals surface area contributed by atoms with Crippen molar-refractivity contribution >= 4 is 21.6 Å². The summed E-state index contributed by atoms with van der Waals surface area (Å²) in [6.45, 7) is 2.21. The average molecular weight is 256 g/mol. The fraction of sp³-hybridized carbons (Fsp3) is 0.455. The molecule has 1 aromatic carbocycles. The van der Waals surface area contributed by atoms with Gasteiger partial charge in [0.15, 0.2) is 0 Å². The molecule has 0 bridgehead atoms. The molecule has 0 amide bonds. The van der Waals surface area contributed by atoms with E-state index in [1.165, 1.54) is 17.7 Å². The minimum Gasteiger partial charge on any atom is -0.495 e. The van der Waals surface area contributed by atoms with Crippen LogP contribution in [0.4, 0.5) is 5.69 Å². The molecule has 0 radical (unpaired) electrons. The molecule has 1 heterocycles. The summed E-state index contributed by atoms with van der Waals surface area (Å²) >= 11 is 3.50. The minimum atomic E-state index is 0.563. The first-order valence-electron chi connectivity index (χ1n) is 4.83. The minimum absolute atomic E-state index is 0.563. The van der Waals surface area contributed by atoms with E-state index in [-0.39, 0.29) is 0 Å². The largest absolute Gasteiger partial charge is 0.495 e. The Balaban J connectivity index is 2.41. The van der Waals surface area contributed by atoms with Crippen LogP contribution in [0, 0.1) is 0 Å². The van der Waals surface area contributed by atoms with Gasteiger partial charge in [0, 0.05) is 17.8 Å². The number of aryl methyl sites for hydroxylation is 1. The van der Waals surface area contributed by atoms with Crippen molar-refractivity contribution in [1.82, 2.24) is 0 Å². The first-order valence-corrected chi connectivity index (χ1v) is 5.63. The summed E-state index contributed by atoms with van der Waals surface area (Å²) in [4.78, 5) is 0. The van der Waals surface area contributed by atoms with Crippen LogP contribution in [0.15, 0.2) is 16.6 Å². The van der Waals surface area contributed by atoms with E-state index in [9.17, 15) is 0 Å². The van der Waals surface area contributed by atoms with Gasteiger partial charge in [0.2, 0.25) is 0 Å². The molecule has 0 saturated heterocycles. The van der Waals surface area contributed by atoms with E-state index in [0.29, 0.717) is 6.04 Å². The molecule has 0 aromatic heterocycles. The molecule has 1 N–H and O–H groups in total. The van der Waals surface area contributed by atoms with Gasteiger partial charge in [0.25, 0.3) is 0 Å². The lowest BCUT2D eigenvalue weighted by Crippen LogP contribution is -2.21. The SMILES string of the molecule is COc1cc2c(cc1Br)CCC(C)N2. The van der Waals surface area contributed by atoms with Crippen LogP contribution in [0.3, 0.4) is 0 Å². The summed E-state index contributed by atoms with van der Waals surface area (Å²) in [6.07, 6.45) is 2.35. The molecule has 0 spiro atoms. The molecule has 1 aromatic rings. The highest BCUT2D eigenvalue weighted by Gasteiger charge is 2.16. The molecular weight excluding hydrogens is 242 g/mol. The third kappa shape index (κ3) is 1.73. The van der Waals surface area contributed by atoms with Gasteiger partial charge in [-0.3, -0.25) is 0 Å². The van der Waals surface area contributed by atoms with Crippen LogP contribution in [-0.2, 0) is 6.42 Å². The molecular formula is C11H14BrNO. The fourth-order valence-electron chi connectivity index (χ4n) is 1.80. The van der Waals surface area contributed by atoms with Gasteiger partial charge >= 0.3 is 0 Å². The maximum absolute atomic E-state index is 5.26. The molecule has 0 fully saturated rings. The Bertz CT molecular complexity index is 351. The van der Waals surface area contributed by atoms with Crippen molar-refractivity contribution in [1.29, 1.82) is 0 Å². The molecule has 14 heavy (non-hydrogen) atoms. The van der Waals surface area contributed by atoms with Gasteiger partial charge in [-0.2, -0.15) is 0 Å². The molecule has 1 unspecified atom stereocenters. The maximum Gasteiger partial charge on any atom is 0.135 e. The van der Waals surface area contributed by atoms with E-state index in [2.05, 4.69) is 40.3 Å². The molecule has 1 aliphatic heterocycles. The monoisotopic (exact) mass is 255 g/mol. The van der Waals surface area contributed by atoms with Crippen molar-refractivity contribution in [2.45, 2.75) is 25.8 Å². The molecule has 0 aliphatic carbocycles. The van der Waals surface area contributed by atoms with Gasteiger partial charge in [0.1, 0.15) is 5.75 Å². The quantitative estimate of drug-likeness (QED) is 0.833. The van der Waals surface area contributed by atoms with E-state index in [0.717, 1.165) is 16.6 Å². The molecule has 1 aliphatic rings. The van der Waals surface area contributed by atoms with Crippen molar-refractivity contribution in [3.63, 3.8) is 0 Å². The van der Waals surface area contributed by atoms with Gasteiger partial charge in [0.05, 0.1) is 11.6 Å². The van der Waals surface area contributed by atoms with Crippen LogP contribution in [-0.4, -0.2) is 13.2 Å². The molecule has 2 rings (SSSR count). The second-order valence-electron chi connectivity index (χ2n) is 3.73. The average Bonchev–Trinajstić information content (AvgIpc) is 2.17. The highest BCUT2D eigenvalue weighted by molar-refractivity contribution is 9.10. The van der Waals surface area contributed by atoms with Crippen LogP contribution in [0.1, 0.15) is 18.9 Å². The summed E-state index contributed by atoms with van der Waals surface area (Å²) in [5.41, 5.74) is 2.58. The van der Waals surface area contributed by atoms with E-state index < -0.39 is 0 Å². The summed E-state index contributed by atoms with van der Waals surface area (Å²) in [5.74, 6) is 0.894. The van der Waals surface area contributed by atoms with Crippen molar-refractivity contribution < 1.29 is 4.74 Å². The zero-order valence-corrected chi connectivity index (χ0v) is 10.0. The number of hydrogen-bond donors (Lipinski definition) is 1. The normalized spacial score (nSPS) is 19.8. The number of nitrogens with one attached hydrogen (secondary N) is 1. The van der Waals surface area contributed by atoms with Crippen LogP contribution in [0.2, 0.25) is 0 Å². The lowest BCUT2D eigenvalue weighted by molar-refractivity contribution is 0.412. The van der Waals surface area contributed by atoms with Gasteiger partial charge in [-0.05, 0) is 47.3 Å².